The van der Waals surface area contributed by atoms with E-state index in [2.05, 4.69) is 33.0 Å². The van der Waals surface area contributed by atoms with Crippen LogP contribution in [0, 0.1) is 11.8 Å². The molecule has 2 heteroatoms. The summed E-state index contributed by atoms with van der Waals surface area (Å²) >= 11 is 0. The zero-order valence-electron chi connectivity index (χ0n) is 14.3. The van der Waals surface area contributed by atoms with Crippen molar-refractivity contribution in [3.05, 3.63) is 0 Å². The molecule has 0 unspecified atom stereocenters. The number of nitrogens with one attached hydrogen (secondary N) is 1. The van der Waals surface area contributed by atoms with Crippen LogP contribution in [0.2, 0.25) is 0 Å². The van der Waals surface area contributed by atoms with Crippen molar-refractivity contribution in [3.8, 4) is 0 Å². The monoisotopic (exact) mass is 283 g/mol. The molecule has 0 atom stereocenters. The number of rotatable bonds is 10. The fraction of sp³-hybridized carbons (Fsp3) is 1.00. The number of likely N-dealkylation sites (N-methyl/N-ethyl adjacent to an activating group) is 1. The van der Waals surface area contributed by atoms with Crippen molar-refractivity contribution in [2.75, 3.05) is 19.7 Å². The van der Waals surface area contributed by atoms with Crippen LogP contribution in [0.3, 0.4) is 0 Å². The van der Waals surface area contributed by atoms with Gasteiger partial charge in [-0.2, -0.15) is 0 Å². The lowest BCUT2D eigenvalue weighted by Crippen LogP contribution is -2.46. The Labute approximate surface area is 127 Å². The molecule has 2 nitrogen and oxygen atoms in total. The van der Waals surface area contributed by atoms with Crippen LogP contribution in [0.15, 0.2) is 0 Å². The van der Waals surface area contributed by atoms with Gasteiger partial charge in [0.1, 0.15) is 0 Å². The molecule has 0 aromatic rings. The molecular weight excluding hydrogens is 246 g/mol. The van der Waals surface area contributed by atoms with E-state index in [-0.39, 0.29) is 5.60 Å². The van der Waals surface area contributed by atoms with Gasteiger partial charge in [-0.1, -0.05) is 47.0 Å². The molecule has 0 bridgehead atoms. The first kappa shape index (κ1) is 18.0. The van der Waals surface area contributed by atoms with Gasteiger partial charge in [-0.25, -0.2) is 0 Å². The average molecular weight is 284 g/mol. The summed E-state index contributed by atoms with van der Waals surface area (Å²) in [7, 11) is 0. The predicted octanol–water partition coefficient (Wildman–Crippen LogP) is 4.78. The van der Waals surface area contributed by atoms with Crippen LogP contribution >= 0.6 is 0 Å². The van der Waals surface area contributed by atoms with Gasteiger partial charge in [0.25, 0.3) is 0 Å². The van der Waals surface area contributed by atoms with Gasteiger partial charge < -0.3 is 10.1 Å². The third kappa shape index (κ3) is 6.13. The van der Waals surface area contributed by atoms with Gasteiger partial charge in [0.15, 0.2) is 0 Å². The van der Waals surface area contributed by atoms with Gasteiger partial charge in [-0.05, 0) is 50.5 Å². The van der Waals surface area contributed by atoms with Gasteiger partial charge >= 0.3 is 0 Å². The van der Waals surface area contributed by atoms with E-state index in [4.69, 9.17) is 4.74 Å². The molecule has 20 heavy (non-hydrogen) atoms. The van der Waals surface area contributed by atoms with Crippen molar-refractivity contribution in [2.24, 2.45) is 11.8 Å². The molecule has 1 N–H and O–H groups in total. The second-order valence-corrected chi connectivity index (χ2v) is 6.95. The molecule has 0 radical (unpaired) electrons. The van der Waals surface area contributed by atoms with E-state index in [0.29, 0.717) is 0 Å². The summed E-state index contributed by atoms with van der Waals surface area (Å²) < 4.78 is 6.38. The van der Waals surface area contributed by atoms with E-state index in [1.54, 1.807) is 0 Å². The SMILES string of the molecule is CCCCCCOC1(CNCC)CCC(C(C)C)CC1. The number of unbranched alkanes of at least 4 members (excludes halogenated alkanes) is 3. The fourth-order valence-electron chi connectivity index (χ4n) is 3.38. The van der Waals surface area contributed by atoms with E-state index in [9.17, 15) is 0 Å². The number of hydrogen-bond donors (Lipinski definition) is 1. The molecule has 120 valence electrons. The quantitative estimate of drug-likeness (QED) is 0.583. The van der Waals surface area contributed by atoms with E-state index < -0.39 is 0 Å². The van der Waals surface area contributed by atoms with Crippen LogP contribution in [0.5, 0.6) is 0 Å². The smallest absolute Gasteiger partial charge is 0.0806 e. The zero-order valence-corrected chi connectivity index (χ0v) is 14.3. The lowest BCUT2D eigenvalue weighted by molar-refractivity contribution is -0.0803. The Kier molecular flexibility index (Phi) is 8.79. The Bertz CT molecular complexity index is 232. The van der Waals surface area contributed by atoms with Crippen molar-refractivity contribution >= 4 is 0 Å². The normalized spacial score (nSPS) is 27.1. The lowest BCUT2D eigenvalue weighted by Gasteiger charge is -2.41. The fourth-order valence-corrected chi connectivity index (χ4v) is 3.38. The molecule has 1 rings (SSSR count). The molecule has 1 aliphatic carbocycles. The zero-order chi connectivity index (χ0) is 14.8. The summed E-state index contributed by atoms with van der Waals surface area (Å²) in [6.45, 7) is 12.2. The highest BCUT2D eigenvalue weighted by molar-refractivity contribution is 4.90. The number of hydrogen-bond acceptors (Lipinski definition) is 2. The highest BCUT2D eigenvalue weighted by atomic mass is 16.5. The molecule has 0 spiro atoms. The molecule has 0 aromatic heterocycles. The van der Waals surface area contributed by atoms with Crippen LogP contribution in [-0.2, 0) is 4.74 Å². The second kappa shape index (κ2) is 9.78. The van der Waals surface area contributed by atoms with Crippen LogP contribution in [0.25, 0.3) is 0 Å². The first-order valence-electron chi connectivity index (χ1n) is 8.98. The largest absolute Gasteiger partial charge is 0.374 e. The Morgan fingerprint density at radius 2 is 1.80 bits per heavy atom. The van der Waals surface area contributed by atoms with Gasteiger partial charge in [-0.15, -0.1) is 0 Å². The van der Waals surface area contributed by atoms with Crippen molar-refractivity contribution in [2.45, 2.75) is 84.7 Å². The van der Waals surface area contributed by atoms with Gasteiger partial charge in [0.2, 0.25) is 0 Å². The minimum atomic E-state index is 0.133. The predicted molar refractivity (Wildman–Crippen MR) is 88.2 cm³/mol. The Morgan fingerprint density at radius 1 is 1.10 bits per heavy atom. The van der Waals surface area contributed by atoms with Crippen LogP contribution in [-0.4, -0.2) is 25.3 Å². The second-order valence-electron chi connectivity index (χ2n) is 6.95. The Balaban J connectivity index is 2.38. The lowest BCUT2D eigenvalue weighted by atomic mass is 9.74. The summed E-state index contributed by atoms with van der Waals surface area (Å²) in [4.78, 5) is 0. The average Bonchev–Trinajstić information content (AvgIpc) is 2.45. The van der Waals surface area contributed by atoms with E-state index in [0.717, 1.165) is 31.5 Å². The molecule has 0 heterocycles. The maximum Gasteiger partial charge on any atom is 0.0806 e. The molecule has 1 saturated carbocycles. The van der Waals surface area contributed by atoms with Gasteiger partial charge in [0, 0.05) is 13.2 Å². The standard InChI is InChI=1S/C18H37NO/c1-5-7-8-9-14-20-18(15-19-6-2)12-10-17(11-13-18)16(3)4/h16-17,19H,5-15H2,1-4H3. The Morgan fingerprint density at radius 3 is 2.35 bits per heavy atom. The molecular formula is C18H37NO. The first-order chi connectivity index (χ1) is 9.63. The summed E-state index contributed by atoms with van der Waals surface area (Å²) in [5.74, 6) is 1.74. The summed E-state index contributed by atoms with van der Waals surface area (Å²) in [5, 5.41) is 3.53. The maximum atomic E-state index is 6.38. The third-order valence-electron chi connectivity index (χ3n) is 4.99. The third-order valence-corrected chi connectivity index (χ3v) is 4.99. The first-order valence-corrected chi connectivity index (χ1v) is 8.98. The molecule has 0 aromatic carbocycles. The summed E-state index contributed by atoms with van der Waals surface area (Å²) in [5.41, 5.74) is 0.133. The van der Waals surface area contributed by atoms with Crippen molar-refractivity contribution in [3.63, 3.8) is 0 Å². The van der Waals surface area contributed by atoms with Crippen molar-refractivity contribution < 1.29 is 4.74 Å². The van der Waals surface area contributed by atoms with E-state index >= 15 is 0 Å². The maximum absolute atomic E-state index is 6.38. The van der Waals surface area contributed by atoms with Gasteiger partial charge in [0.05, 0.1) is 5.60 Å². The highest BCUT2D eigenvalue weighted by Crippen LogP contribution is 2.38. The minimum Gasteiger partial charge on any atom is -0.374 e. The summed E-state index contributed by atoms with van der Waals surface area (Å²) in [6, 6.07) is 0. The molecule has 0 amide bonds. The van der Waals surface area contributed by atoms with Gasteiger partial charge in [-0.3, -0.25) is 0 Å². The number of ether oxygens (including phenoxy) is 1. The summed E-state index contributed by atoms with van der Waals surface area (Å²) in [6.07, 6.45) is 10.4. The molecule has 1 fully saturated rings. The van der Waals surface area contributed by atoms with Crippen LogP contribution < -0.4 is 5.32 Å². The van der Waals surface area contributed by atoms with Crippen LogP contribution in [0.4, 0.5) is 0 Å². The van der Waals surface area contributed by atoms with Crippen molar-refractivity contribution in [1.82, 2.24) is 5.32 Å². The molecule has 0 saturated heterocycles. The topological polar surface area (TPSA) is 21.3 Å². The van der Waals surface area contributed by atoms with Crippen molar-refractivity contribution in [1.29, 1.82) is 0 Å². The molecule has 1 aliphatic rings. The minimum absolute atomic E-state index is 0.133. The highest BCUT2D eigenvalue weighted by Gasteiger charge is 2.36. The Hall–Kier alpha value is -0.0800. The van der Waals surface area contributed by atoms with Crippen LogP contribution in [0.1, 0.15) is 79.1 Å². The van der Waals surface area contributed by atoms with E-state index in [1.165, 1.54) is 51.4 Å². The van der Waals surface area contributed by atoms with E-state index in [1.807, 2.05) is 0 Å². The molecule has 0 aliphatic heterocycles.